The second-order valence-electron chi connectivity index (χ2n) is 6.44. The molecule has 0 spiro atoms. The van der Waals surface area contributed by atoms with Crippen LogP contribution in [0.4, 0.5) is 9.52 Å². The van der Waals surface area contributed by atoms with E-state index >= 15 is 0 Å². The van der Waals surface area contributed by atoms with E-state index in [-0.39, 0.29) is 23.9 Å². The number of thiazole rings is 1. The molecule has 1 fully saturated rings. The van der Waals surface area contributed by atoms with Crippen molar-refractivity contribution in [3.63, 3.8) is 0 Å². The van der Waals surface area contributed by atoms with Gasteiger partial charge in [0, 0.05) is 36.7 Å². The Hall–Kier alpha value is -2.09. The Bertz CT molecular complexity index is 783. The van der Waals surface area contributed by atoms with E-state index in [1.165, 1.54) is 29.6 Å². The molecule has 1 saturated heterocycles. The highest BCUT2D eigenvalue weighted by molar-refractivity contribution is 7.13. The second kappa shape index (κ2) is 8.53. The van der Waals surface area contributed by atoms with Crippen LogP contribution in [0.2, 0.25) is 0 Å². The van der Waals surface area contributed by atoms with Gasteiger partial charge in [-0.3, -0.25) is 15.0 Å². The zero-order valence-electron chi connectivity index (χ0n) is 14.8. The maximum atomic E-state index is 13.5. The van der Waals surface area contributed by atoms with Crippen LogP contribution in [0.3, 0.4) is 0 Å². The summed E-state index contributed by atoms with van der Waals surface area (Å²) in [5.74, 6) is -0.690. The number of hydrogen-bond donors (Lipinski definition) is 1. The average molecular weight is 375 g/mol. The first kappa shape index (κ1) is 18.7. The molecule has 2 heterocycles. The van der Waals surface area contributed by atoms with E-state index in [2.05, 4.69) is 29.0 Å². The monoisotopic (exact) mass is 375 g/mol. The number of carbonyl (C=O) groups is 1. The maximum absolute atomic E-state index is 13.5. The van der Waals surface area contributed by atoms with E-state index < -0.39 is 0 Å². The molecule has 7 heteroatoms. The standard InChI is InChI=1S/C19H22FN3O2S/c1-13-9-23(10-14(2)25-13)11-16-12-26-19(21-16)22-18(24)8-7-15-5-3-4-6-17(15)20/h3-8,12-14H,9-11H2,1-2H3,(H,21,22,24)/b8-7+. The van der Waals surface area contributed by atoms with Crippen molar-refractivity contribution in [2.75, 3.05) is 18.4 Å². The smallest absolute Gasteiger partial charge is 0.250 e. The van der Waals surface area contributed by atoms with Gasteiger partial charge in [0.05, 0.1) is 17.9 Å². The van der Waals surface area contributed by atoms with Crippen LogP contribution in [-0.2, 0) is 16.1 Å². The molecular weight excluding hydrogens is 353 g/mol. The van der Waals surface area contributed by atoms with Gasteiger partial charge in [0.1, 0.15) is 5.82 Å². The number of nitrogens with one attached hydrogen (secondary N) is 1. The molecule has 1 aromatic heterocycles. The molecule has 2 aromatic rings. The fourth-order valence-electron chi connectivity index (χ4n) is 3.00. The van der Waals surface area contributed by atoms with Gasteiger partial charge >= 0.3 is 0 Å². The molecule has 0 radical (unpaired) electrons. The molecule has 3 rings (SSSR count). The Labute approximate surface area is 156 Å². The first-order valence-corrected chi connectivity index (χ1v) is 9.43. The van der Waals surface area contributed by atoms with Crippen molar-refractivity contribution in [2.24, 2.45) is 0 Å². The molecule has 2 unspecified atom stereocenters. The number of anilines is 1. The molecule has 26 heavy (non-hydrogen) atoms. The number of carbonyl (C=O) groups excluding carboxylic acids is 1. The van der Waals surface area contributed by atoms with E-state index in [0.717, 1.165) is 25.3 Å². The number of ether oxygens (including phenoxy) is 1. The average Bonchev–Trinajstić information content (AvgIpc) is 3.00. The third-order valence-electron chi connectivity index (χ3n) is 3.98. The van der Waals surface area contributed by atoms with Crippen molar-refractivity contribution >= 4 is 28.5 Å². The molecule has 0 bridgehead atoms. The lowest BCUT2D eigenvalue weighted by molar-refractivity contribution is -0.111. The second-order valence-corrected chi connectivity index (χ2v) is 7.30. The van der Waals surface area contributed by atoms with E-state index in [1.807, 2.05) is 5.38 Å². The van der Waals surface area contributed by atoms with E-state index in [4.69, 9.17) is 4.74 Å². The van der Waals surface area contributed by atoms with Crippen molar-refractivity contribution < 1.29 is 13.9 Å². The molecule has 1 aliphatic rings. The Morgan fingerprint density at radius 3 is 2.85 bits per heavy atom. The molecular formula is C19H22FN3O2S. The van der Waals surface area contributed by atoms with Crippen LogP contribution in [0.25, 0.3) is 6.08 Å². The van der Waals surface area contributed by atoms with Crippen LogP contribution >= 0.6 is 11.3 Å². The Balaban J connectivity index is 1.55. The van der Waals surface area contributed by atoms with Gasteiger partial charge in [0.15, 0.2) is 5.13 Å². The maximum Gasteiger partial charge on any atom is 0.250 e. The number of halogens is 1. The molecule has 5 nitrogen and oxygen atoms in total. The minimum Gasteiger partial charge on any atom is -0.373 e. The summed E-state index contributed by atoms with van der Waals surface area (Å²) in [6.45, 7) is 6.61. The summed E-state index contributed by atoms with van der Waals surface area (Å²) in [5, 5.41) is 5.21. The summed E-state index contributed by atoms with van der Waals surface area (Å²) in [7, 11) is 0. The molecule has 0 aliphatic carbocycles. The summed E-state index contributed by atoms with van der Waals surface area (Å²) in [6, 6.07) is 6.31. The predicted molar refractivity (Wildman–Crippen MR) is 101 cm³/mol. The first-order valence-electron chi connectivity index (χ1n) is 8.55. The molecule has 1 aromatic carbocycles. The quantitative estimate of drug-likeness (QED) is 0.812. The SMILES string of the molecule is CC1CN(Cc2csc(NC(=O)/C=C/c3ccccc3F)n2)CC(C)O1. The van der Waals surface area contributed by atoms with Gasteiger partial charge in [-0.1, -0.05) is 18.2 Å². The number of hydrogen-bond acceptors (Lipinski definition) is 5. The van der Waals surface area contributed by atoms with Gasteiger partial charge in [0.25, 0.3) is 0 Å². The Morgan fingerprint density at radius 1 is 1.38 bits per heavy atom. The molecule has 2 atom stereocenters. The van der Waals surface area contributed by atoms with Crippen LogP contribution in [0.15, 0.2) is 35.7 Å². The van der Waals surface area contributed by atoms with Crippen LogP contribution in [0.5, 0.6) is 0 Å². The van der Waals surface area contributed by atoms with Crippen molar-refractivity contribution in [3.8, 4) is 0 Å². The Morgan fingerprint density at radius 2 is 2.12 bits per heavy atom. The molecule has 1 aliphatic heterocycles. The topological polar surface area (TPSA) is 54.5 Å². The molecule has 0 saturated carbocycles. The largest absolute Gasteiger partial charge is 0.373 e. The summed E-state index contributed by atoms with van der Waals surface area (Å²) >= 11 is 1.38. The summed E-state index contributed by atoms with van der Waals surface area (Å²) < 4.78 is 19.3. The number of amides is 1. The number of morpholine rings is 1. The van der Waals surface area contributed by atoms with Gasteiger partial charge in [-0.05, 0) is 26.0 Å². The van der Waals surface area contributed by atoms with Gasteiger partial charge in [-0.2, -0.15) is 0 Å². The minimum atomic E-state index is -0.359. The van der Waals surface area contributed by atoms with Gasteiger partial charge in [0.2, 0.25) is 5.91 Å². The minimum absolute atomic E-state index is 0.208. The summed E-state index contributed by atoms with van der Waals surface area (Å²) in [6.07, 6.45) is 3.18. The van der Waals surface area contributed by atoms with Crippen molar-refractivity contribution in [1.29, 1.82) is 0 Å². The van der Waals surface area contributed by atoms with Crippen molar-refractivity contribution in [3.05, 3.63) is 52.8 Å². The van der Waals surface area contributed by atoms with Crippen LogP contribution in [-0.4, -0.2) is 41.1 Å². The number of benzene rings is 1. The fraction of sp³-hybridized carbons (Fsp3) is 0.368. The van der Waals surface area contributed by atoms with Gasteiger partial charge in [-0.25, -0.2) is 9.37 Å². The van der Waals surface area contributed by atoms with E-state index in [1.54, 1.807) is 18.2 Å². The number of rotatable bonds is 5. The predicted octanol–water partition coefficient (Wildman–Crippen LogP) is 3.54. The highest BCUT2D eigenvalue weighted by atomic mass is 32.1. The highest BCUT2D eigenvalue weighted by Crippen LogP contribution is 2.19. The van der Waals surface area contributed by atoms with Gasteiger partial charge in [-0.15, -0.1) is 11.3 Å². The zero-order chi connectivity index (χ0) is 18.5. The van der Waals surface area contributed by atoms with Crippen molar-refractivity contribution in [2.45, 2.75) is 32.6 Å². The van der Waals surface area contributed by atoms with E-state index in [0.29, 0.717) is 10.7 Å². The highest BCUT2D eigenvalue weighted by Gasteiger charge is 2.22. The number of nitrogens with zero attached hydrogens (tertiary/aromatic N) is 2. The summed E-state index contributed by atoms with van der Waals surface area (Å²) in [4.78, 5) is 18.8. The first-order chi connectivity index (χ1) is 12.5. The molecule has 1 N–H and O–H groups in total. The normalized spacial score (nSPS) is 21.2. The lowest BCUT2D eigenvalue weighted by atomic mass is 10.2. The summed E-state index contributed by atoms with van der Waals surface area (Å²) in [5.41, 5.74) is 1.29. The lowest BCUT2D eigenvalue weighted by Crippen LogP contribution is -2.44. The van der Waals surface area contributed by atoms with E-state index in [9.17, 15) is 9.18 Å². The fourth-order valence-corrected chi connectivity index (χ4v) is 3.71. The third kappa shape index (κ3) is 5.20. The third-order valence-corrected chi connectivity index (χ3v) is 4.79. The van der Waals surface area contributed by atoms with Crippen LogP contribution < -0.4 is 5.32 Å². The zero-order valence-corrected chi connectivity index (χ0v) is 15.6. The van der Waals surface area contributed by atoms with Crippen LogP contribution in [0, 0.1) is 5.82 Å². The number of aromatic nitrogens is 1. The lowest BCUT2D eigenvalue weighted by Gasteiger charge is -2.34. The van der Waals surface area contributed by atoms with Crippen molar-refractivity contribution in [1.82, 2.24) is 9.88 Å². The van der Waals surface area contributed by atoms with Gasteiger partial charge < -0.3 is 4.74 Å². The molecule has 138 valence electrons. The molecule has 1 amide bonds. The van der Waals surface area contributed by atoms with Crippen LogP contribution in [0.1, 0.15) is 25.1 Å². The Kier molecular flexibility index (Phi) is 6.13.